The average molecular weight is 303 g/mol. The van der Waals surface area contributed by atoms with Crippen molar-refractivity contribution in [2.24, 2.45) is 0 Å². The summed E-state index contributed by atoms with van der Waals surface area (Å²) in [5, 5.41) is 6.42. The highest BCUT2D eigenvalue weighted by Crippen LogP contribution is 2.26. The zero-order valence-corrected chi connectivity index (χ0v) is 12.3. The quantitative estimate of drug-likeness (QED) is 0.694. The van der Waals surface area contributed by atoms with Crippen LogP contribution in [0.4, 0.5) is 0 Å². The summed E-state index contributed by atoms with van der Waals surface area (Å²) >= 11 is 7.81. The van der Waals surface area contributed by atoms with E-state index in [1.807, 2.05) is 54.8 Å². The molecule has 0 spiro atoms. The molecule has 3 nitrogen and oxygen atoms in total. The number of nitrogens with zero attached hydrogens (tertiary/aromatic N) is 2. The SMILES string of the molecule is Cc1ccccc1-c1noc(/C(Cl)=C/c2cccs2)n1. The van der Waals surface area contributed by atoms with Crippen molar-refractivity contribution in [2.45, 2.75) is 6.92 Å². The predicted octanol–water partition coefficient (Wildman–Crippen LogP) is 4.84. The average Bonchev–Trinajstić information content (AvgIpc) is 3.10. The highest BCUT2D eigenvalue weighted by molar-refractivity contribution is 7.11. The molecule has 3 rings (SSSR count). The van der Waals surface area contributed by atoms with Crippen LogP contribution in [0, 0.1) is 6.92 Å². The number of rotatable bonds is 3. The third kappa shape index (κ3) is 2.66. The van der Waals surface area contributed by atoms with E-state index < -0.39 is 0 Å². The van der Waals surface area contributed by atoms with E-state index in [9.17, 15) is 0 Å². The molecule has 0 unspecified atom stereocenters. The summed E-state index contributed by atoms with van der Waals surface area (Å²) in [4.78, 5) is 5.40. The minimum Gasteiger partial charge on any atom is -0.333 e. The van der Waals surface area contributed by atoms with Crippen LogP contribution in [0.25, 0.3) is 22.5 Å². The van der Waals surface area contributed by atoms with Gasteiger partial charge in [-0.3, -0.25) is 0 Å². The van der Waals surface area contributed by atoms with E-state index in [0.717, 1.165) is 16.0 Å². The number of aromatic nitrogens is 2. The normalized spacial score (nSPS) is 11.8. The third-order valence-corrected chi connectivity index (χ3v) is 3.92. The Balaban J connectivity index is 1.93. The predicted molar refractivity (Wildman–Crippen MR) is 82.5 cm³/mol. The zero-order chi connectivity index (χ0) is 13.9. The van der Waals surface area contributed by atoms with Crippen LogP contribution in [0.15, 0.2) is 46.3 Å². The molecule has 0 saturated heterocycles. The van der Waals surface area contributed by atoms with Gasteiger partial charge < -0.3 is 4.52 Å². The van der Waals surface area contributed by atoms with Gasteiger partial charge >= 0.3 is 0 Å². The summed E-state index contributed by atoms with van der Waals surface area (Å²) in [6, 6.07) is 11.8. The maximum atomic E-state index is 6.21. The molecule has 0 saturated carbocycles. The first-order valence-corrected chi connectivity index (χ1v) is 7.30. The lowest BCUT2D eigenvalue weighted by molar-refractivity contribution is 0.410. The molecular weight excluding hydrogens is 292 g/mol. The van der Waals surface area contributed by atoms with E-state index in [1.54, 1.807) is 11.3 Å². The molecule has 20 heavy (non-hydrogen) atoms. The van der Waals surface area contributed by atoms with Gasteiger partial charge in [0.15, 0.2) is 0 Å². The first-order valence-electron chi connectivity index (χ1n) is 6.05. The largest absolute Gasteiger partial charge is 0.333 e. The van der Waals surface area contributed by atoms with Crippen molar-refractivity contribution < 1.29 is 4.52 Å². The number of aryl methyl sites for hydroxylation is 1. The molecule has 0 amide bonds. The van der Waals surface area contributed by atoms with Crippen molar-refractivity contribution in [1.29, 1.82) is 0 Å². The fraction of sp³-hybridized carbons (Fsp3) is 0.0667. The Hall–Kier alpha value is -1.91. The Labute approximate surface area is 125 Å². The first-order chi connectivity index (χ1) is 9.74. The second-order valence-corrected chi connectivity index (χ2v) is 5.63. The lowest BCUT2D eigenvalue weighted by atomic mass is 10.1. The standard InChI is InChI=1S/C15H11ClN2OS/c1-10-5-2-3-7-12(10)14-17-15(19-18-14)13(16)9-11-6-4-8-20-11/h2-9H,1H3/b13-9-. The molecule has 3 aromatic rings. The Bertz CT molecular complexity index is 747. The number of hydrogen-bond donors (Lipinski definition) is 0. The Kier molecular flexibility index (Phi) is 3.67. The topological polar surface area (TPSA) is 38.9 Å². The van der Waals surface area contributed by atoms with Gasteiger partial charge in [0.25, 0.3) is 5.89 Å². The summed E-state index contributed by atoms with van der Waals surface area (Å²) in [6.07, 6.45) is 1.82. The number of thiophene rings is 1. The van der Waals surface area contributed by atoms with E-state index in [-0.39, 0.29) is 0 Å². The Morgan fingerprint density at radius 2 is 2.10 bits per heavy atom. The summed E-state index contributed by atoms with van der Waals surface area (Å²) < 4.78 is 5.23. The lowest BCUT2D eigenvalue weighted by Crippen LogP contribution is -1.85. The van der Waals surface area contributed by atoms with Gasteiger partial charge in [-0.1, -0.05) is 47.1 Å². The van der Waals surface area contributed by atoms with Gasteiger partial charge in [-0.15, -0.1) is 11.3 Å². The van der Waals surface area contributed by atoms with Gasteiger partial charge in [-0.2, -0.15) is 4.98 Å². The van der Waals surface area contributed by atoms with Gasteiger partial charge in [0.05, 0.1) is 0 Å². The van der Waals surface area contributed by atoms with Crippen molar-refractivity contribution >= 4 is 34.0 Å². The first kappa shape index (κ1) is 13.1. The zero-order valence-electron chi connectivity index (χ0n) is 10.7. The van der Waals surface area contributed by atoms with Crippen molar-refractivity contribution in [3.63, 3.8) is 0 Å². The molecule has 0 N–H and O–H groups in total. The van der Waals surface area contributed by atoms with E-state index in [4.69, 9.17) is 16.1 Å². The second kappa shape index (κ2) is 5.61. The molecular formula is C15H11ClN2OS. The molecule has 0 atom stereocenters. The molecule has 2 heterocycles. The number of hydrogen-bond acceptors (Lipinski definition) is 4. The maximum absolute atomic E-state index is 6.21. The van der Waals surface area contributed by atoms with E-state index in [2.05, 4.69) is 10.1 Å². The van der Waals surface area contributed by atoms with Gasteiger partial charge in [-0.25, -0.2) is 0 Å². The fourth-order valence-corrected chi connectivity index (χ4v) is 2.73. The molecule has 0 aliphatic heterocycles. The molecule has 0 aliphatic rings. The molecule has 1 aromatic carbocycles. The van der Waals surface area contributed by atoms with Crippen LogP contribution in [0.1, 0.15) is 16.3 Å². The number of halogens is 1. The van der Waals surface area contributed by atoms with Crippen LogP contribution in [-0.2, 0) is 0 Å². The number of benzene rings is 1. The maximum Gasteiger partial charge on any atom is 0.269 e. The Morgan fingerprint density at radius 1 is 1.25 bits per heavy atom. The van der Waals surface area contributed by atoms with Crippen LogP contribution < -0.4 is 0 Å². The van der Waals surface area contributed by atoms with Crippen molar-refractivity contribution in [2.75, 3.05) is 0 Å². The van der Waals surface area contributed by atoms with Gasteiger partial charge in [-0.05, 0) is 30.0 Å². The van der Waals surface area contributed by atoms with E-state index in [0.29, 0.717) is 16.7 Å². The van der Waals surface area contributed by atoms with Crippen LogP contribution in [0.2, 0.25) is 0 Å². The summed E-state index contributed by atoms with van der Waals surface area (Å²) in [6.45, 7) is 2.01. The van der Waals surface area contributed by atoms with E-state index in [1.165, 1.54) is 0 Å². The summed E-state index contributed by atoms with van der Waals surface area (Å²) in [5.74, 6) is 0.883. The second-order valence-electron chi connectivity index (χ2n) is 4.25. The molecule has 0 radical (unpaired) electrons. The van der Waals surface area contributed by atoms with Crippen molar-refractivity contribution in [3.05, 3.63) is 58.1 Å². The van der Waals surface area contributed by atoms with Crippen LogP contribution in [0.3, 0.4) is 0 Å². The minimum atomic E-state index is 0.332. The molecule has 0 aliphatic carbocycles. The molecule has 0 bridgehead atoms. The molecule has 100 valence electrons. The van der Waals surface area contributed by atoms with Crippen LogP contribution in [-0.4, -0.2) is 10.1 Å². The fourth-order valence-electron chi connectivity index (χ4n) is 1.81. The van der Waals surface area contributed by atoms with Gasteiger partial charge in [0, 0.05) is 10.4 Å². The third-order valence-electron chi connectivity index (χ3n) is 2.83. The molecule has 0 fully saturated rings. The summed E-state index contributed by atoms with van der Waals surface area (Å²) in [5.41, 5.74) is 2.04. The van der Waals surface area contributed by atoms with Crippen molar-refractivity contribution in [3.8, 4) is 11.4 Å². The molecule has 2 aromatic heterocycles. The highest BCUT2D eigenvalue weighted by Gasteiger charge is 2.12. The highest BCUT2D eigenvalue weighted by atomic mass is 35.5. The smallest absolute Gasteiger partial charge is 0.269 e. The Morgan fingerprint density at radius 3 is 2.85 bits per heavy atom. The summed E-state index contributed by atoms with van der Waals surface area (Å²) in [7, 11) is 0. The molecule has 5 heteroatoms. The lowest BCUT2D eigenvalue weighted by Gasteiger charge is -1.97. The van der Waals surface area contributed by atoms with E-state index >= 15 is 0 Å². The van der Waals surface area contributed by atoms with Crippen LogP contribution >= 0.6 is 22.9 Å². The minimum absolute atomic E-state index is 0.332. The van der Waals surface area contributed by atoms with Crippen LogP contribution in [0.5, 0.6) is 0 Å². The van der Waals surface area contributed by atoms with Crippen molar-refractivity contribution in [1.82, 2.24) is 10.1 Å². The monoisotopic (exact) mass is 302 g/mol. The van der Waals surface area contributed by atoms with Gasteiger partial charge in [0.1, 0.15) is 5.03 Å². The van der Waals surface area contributed by atoms with Gasteiger partial charge in [0.2, 0.25) is 5.82 Å².